The first-order valence-corrected chi connectivity index (χ1v) is 6.14. The average Bonchev–Trinajstić information content (AvgIpc) is 2.64. The first-order chi connectivity index (χ1) is 9.09. The van der Waals surface area contributed by atoms with Crippen LogP contribution in [0.25, 0.3) is 0 Å². The highest BCUT2D eigenvalue weighted by molar-refractivity contribution is 6.44. The summed E-state index contributed by atoms with van der Waals surface area (Å²) >= 11 is 11.7. The van der Waals surface area contributed by atoms with Crippen molar-refractivity contribution in [3.05, 3.63) is 57.7 Å². The SMILES string of the molecule is O=C1c2cc(Cl)c(Cl)cc2C(=O)N1c1ccccn1. The van der Waals surface area contributed by atoms with E-state index >= 15 is 0 Å². The molecule has 1 aliphatic rings. The number of pyridine rings is 1. The summed E-state index contributed by atoms with van der Waals surface area (Å²) in [6, 6.07) is 7.80. The van der Waals surface area contributed by atoms with E-state index in [-0.39, 0.29) is 27.0 Å². The second-order valence-corrected chi connectivity index (χ2v) is 4.76. The van der Waals surface area contributed by atoms with E-state index in [0.29, 0.717) is 0 Å². The zero-order valence-electron chi connectivity index (χ0n) is 9.43. The quantitative estimate of drug-likeness (QED) is 0.759. The fourth-order valence-corrected chi connectivity index (χ4v) is 2.26. The monoisotopic (exact) mass is 292 g/mol. The number of benzene rings is 1. The molecule has 0 saturated carbocycles. The molecule has 0 radical (unpaired) electrons. The Morgan fingerprint density at radius 2 is 1.53 bits per heavy atom. The topological polar surface area (TPSA) is 50.3 Å². The van der Waals surface area contributed by atoms with Gasteiger partial charge in [0, 0.05) is 6.20 Å². The van der Waals surface area contributed by atoms with Crippen molar-refractivity contribution in [1.29, 1.82) is 0 Å². The van der Waals surface area contributed by atoms with Gasteiger partial charge in [-0.05, 0) is 24.3 Å². The molecule has 3 rings (SSSR count). The van der Waals surface area contributed by atoms with Gasteiger partial charge in [-0.1, -0.05) is 29.3 Å². The Hall–Kier alpha value is -1.91. The summed E-state index contributed by atoms with van der Waals surface area (Å²) in [5.41, 5.74) is 0.482. The molecule has 0 N–H and O–H groups in total. The van der Waals surface area contributed by atoms with Crippen molar-refractivity contribution in [3.8, 4) is 0 Å². The minimum absolute atomic E-state index is 0.240. The number of halogens is 2. The maximum atomic E-state index is 12.2. The highest BCUT2D eigenvalue weighted by atomic mass is 35.5. The van der Waals surface area contributed by atoms with E-state index in [4.69, 9.17) is 23.2 Å². The Kier molecular flexibility index (Phi) is 2.77. The van der Waals surface area contributed by atoms with Crippen molar-refractivity contribution < 1.29 is 9.59 Å². The molecule has 0 saturated heterocycles. The number of fused-ring (bicyclic) bond motifs is 1. The van der Waals surface area contributed by atoms with Crippen molar-refractivity contribution in [1.82, 2.24) is 4.98 Å². The van der Waals surface area contributed by atoms with Crippen LogP contribution in [0.15, 0.2) is 36.5 Å². The molecule has 2 amide bonds. The molecule has 6 heteroatoms. The second-order valence-electron chi connectivity index (χ2n) is 3.95. The van der Waals surface area contributed by atoms with Crippen LogP contribution in [0, 0.1) is 0 Å². The Bertz CT molecular complexity index is 660. The van der Waals surface area contributed by atoms with Gasteiger partial charge in [0.05, 0.1) is 21.2 Å². The number of hydrogen-bond donors (Lipinski definition) is 0. The molecule has 1 aliphatic heterocycles. The van der Waals surface area contributed by atoms with Gasteiger partial charge >= 0.3 is 0 Å². The Labute approximate surface area is 118 Å². The van der Waals surface area contributed by atoms with E-state index < -0.39 is 11.8 Å². The number of aromatic nitrogens is 1. The van der Waals surface area contributed by atoms with Crippen molar-refractivity contribution in [2.75, 3.05) is 4.90 Å². The third-order valence-corrected chi connectivity index (χ3v) is 3.53. The van der Waals surface area contributed by atoms with Crippen LogP contribution in [-0.4, -0.2) is 16.8 Å². The molecule has 0 unspecified atom stereocenters. The molecule has 2 aromatic rings. The van der Waals surface area contributed by atoms with Gasteiger partial charge in [-0.15, -0.1) is 0 Å². The number of imide groups is 1. The van der Waals surface area contributed by atoms with E-state index in [1.165, 1.54) is 18.3 Å². The first-order valence-electron chi connectivity index (χ1n) is 5.38. The zero-order valence-corrected chi connectivity index (χ0v) is 10.9. The lowest BCUT2D eigenvalue weighted by atomic mass is 10.1. The number of amides is 2. The summed E-state index contributed by atoms with van der Waals surface area (Å²) in [5.74, 6) is -0.615. The molecule has 94 valence electrons. The Balaban J connectivity index is 2.15. The first kappa shape index (κ1) is 12.1. The summed E-state index contributed by atoms with van der Waals surface area (Å²) in [6.45, 7) is 0. The minimum atomic E-state index is -0.447. The predicted octanol–water partition coefficient (Wildman–Crippen LogP) is 3.19. The maximum Gasteiger partial charge on any atom is 0.267 e. The van der Waals surface area contributed by atoms with Crippen LogP contribution in [0.2, 0.25) is 10.0 Å². The van der Waals surface area contributed by atoms with Gasteiger partial charge in [-0.25, -0.2) is 9.88 Å². The van der Waals surface area contributed by atoms with Crippen LogP contribution in [0.5, 0.6) is 0 Å². The summed E-state index contributed by atoms with van der Waals surface area (Å²) in [4.78, 5) is 29.5. The van der Waals surface area contributed by atoms with E-state index in [2.05, 4.69) is 4.98 Å². The van der Waals surface area contributed by atoms with Crippen molar-refractivity contribution in [2.24, 2.45) is 0 Å². The van der Waals surface area contributed by atoms with Crippen molar-refractivity contribution in [2.45, 2.75) is 0 Å². The largest absolute Gasteiger partial charge is 0.268 e. The zero-order chi connectivity index (χ0) is 13.6. The lowest BCUT2D eigenvalue weighted by molar-refractivity contribution is 0.0925. The molecule has 19 heavy (non-hydrogen) atoms. The molecule has 0 fully saturated rings. The lowest BCUT2D eigenvalue weighted by Crippen LogP contribution is -2.30. The third kappa shape index (κ3) is 1.80. The molecule has 0 atom stereocenters. The van der Waals surface area contributed by atoms with Gasteiger partial charge in [0.2, 0.25) is 0 Å². The standard InChI is InChI=1S/C13H6Cl2N2O2/c14-9-5-7-8(6-10(9)15)13(19)17(12(7)18)11-3-1-2-4-16-11/h1-6H. The van der Waals surface area contributed by atoms with Crippen LogP contribution in [0.1, 0.15) is 20.7 Å². The van der Waals surface area contributed by atoms with E-state index in [1.807, 2.05) is 0 Å². The molecule has 1 aromatic heterocycles. The molecule has 1 aromatic carbocycles. The van der Waals surface area contributed by atoms with Crippen molar-refractivity contribution >= 4 is 40.8 Å². The van der Waals surface area contributed by atoms with Crippen LogP contribution in [0.4, 0.5) is 5.82 Å². The molecule has 0 aliphatic carbocycles. The molecule has 4 nitrogen and oxygen atoms in total. The predicted molar refractivity (Wildman–Crippen MR) is 71.8 cm³/mol. The minimum Gasteiger partial charge on any atom is -0.268 e. The van der Waals surface area contributed by atoms with Gasteiger partial charge in [-0.3, -0.25) is 9.59 Å². The number of hydrogen-bond acceptors (Lipinski definition) is 3. The van der Waals surface area contributed by atoms with Crippen LogP contribution in [-0.2, 0) is 0 Å². The fourth-order valence-electron chi connectivity index (χ4n) is 1.93. The average molecular weight is 293 g/mol. The second kappa shape index (κ2) is 4.33. The highest BCUT2D eigenvalue weighted by Gasteiger charge is 2.38. The normalized spacial score (nSPS) is 13.9. The summed E-state index contributed by atoms with van der Waals surface area (Å²) in [6.07, 6.45) is 1.51. The number of nitrogens with zero attached hydrogens (tertiary/aromatic N) is 2. The molecular weight excluding hydrogens is 287 g/mol. The maximum absolute atomic E-state index is 12.2. The number of carbonyl (C=O) groups excluding carboxylic acids is 2. The molecule has 0 spiro atoms. The van der Waals surface area contributed by atoms with Crippen LogP contribution < -0.4 is 4.90 Å². The van der Waals surface area contributed by atoms with Crippen molar-refractivity contribution in [3.63, 3.8) is 0 Å². The molecule has 0 bridgehead atoms. The summed E-state index contributed by atoms with van der Waals surface area (Å²) < 4.78 is 0. The van der Waals surface area contributed by atoms with E-state index in [0.717, 1.165) is 4.90 Å². The van der Waals surface area contributed by atoms with Gasteiger partial charge in [0.25, 0.3) is 11.8 Å². The Morgan fingerprint density at radius 3 is 2.00 bits per heavy atom. The van der Waals surface area contributed by atoms with Gasteiger partial charge < -0.3 is 0 Å². The van der Waals surface area contributed by atoms with E-state index in [9.17, 15) is 9.59 Å². The number of carbonyl (C=O) groups is 2. The highest BCUT2D eigenvalue weighted by Crippen LogP contribution is 2.33. The molecular formula is C13H6Cl2N2O2. The third-order valence-electron chi connectivity index (χ3n) is 2.81. The smallest absolute Gasteiger partial charge is 0.267 e. The number of rotatable bonds is 1. The van der Waals surface area contributed by atoms with Gasteiger partial charge in [-0.2, -0.15) is 0 Å². The summed E-state index contributed by atoms with van der Waals surface area (Å²) in [5, 5.41) is 0.480. The lowest BCUT2D eigenvalue weighted by Gasteiger charge is -2.11. The number of anilines is 1. The summed E-state index contributed by atoms with van der Waals surface area (Å²) in [7, 11) is 0. The van der Waals surface area contributed by atoms with Gasteiger partial charge in [0.1, 0.15) is 5.82 Å². The van der Waals surface area contributed by atoms with Crippen LogP contribution in [0.3, 0.4) is 0 Å². The Morgan fingerprint density at radius 1 is 0.947 bits per heavy atom. The fraction of sp³-hybridized carbons (Fsp3) is 0. The van der Waals surface area contributed by atoms with E-state index in [1.54, 1.807) is 18.2 Å². The van der Waals surface area contributed by atoms with Gasteiger partial charge in [0.15, 0.2) is 0 Å². The molecule has 2 heterocycles. The van der Waals surface area contributed by atoms with Crippen LogP contribution >= 0.6 is 23.2 Å².